The Hall–Kier alpha value is -1.90. The highest BCUT2D eigenvalue weighted by Crippen LogP contribution is 2.41. The van der Waals surface area contributed by atoms with Crippen molar-refractivity contribution < 1.29 is 13.5 Å². The molecule has 2 aromatic rings. The lowest BCUT2D eigenvalue weighted by atomic mass is 9.75. The molecule has 0 aromatic heterocycles. The Labute approximate surface area is 198 Å². The number of hydrogen-bond donors (Lipinski definition) is 0. The summed E-state index contributed by atoms with van der Waals surface area (Å²) >= 11 is 0. The summed E-state index contributed by atoms with van der Waals surface area (Å²) in [5.74, 6) is 1.23. The van der Waals surface area contributed by atoms with Crippen LogP contribution in [-0.2, 0) is 12.8 Å². The van der Waals surface area contributed by atoms with Gasteiger partial charge in [-0.2, -0.15) is 0 Å². The first-order chi connectivity index (χ1) is 16.1. The second-order valence-corrected chi connectivity index (χ2v) is 10.3. The van der Waals surface area contributed by atoms with Gasteiger partial charge in [0.1, 0.15) is 17.4 Å². The van der Waals surface area contributed by atoms with E-state index in [1.807, 2.05) is 6.07 Å². The van der Waals surface area contributed by atoms with Crippen molar-refractivity contribution in [2.45, 2.75) is 103 Å². The van der Waals surface area contributed by atoms with E-state index in [4.69, 9.17) is 4.74 Å². The number of rotatable bonds is 9. The third kappa shape index (κ3) is 5.97. The van der Waals surface area contributed by atoms with Gasteiger partial charge in [-0.25, -0.2) is 8.78 Å². The summed E-state index contributed by atoms with van der Waals surface area (Å²) in [6, 6.07) is 9.48. The molecule has 0 spiro atoms. The monoisotopic (exact) mass is 454 g/mol. The number of aryl methyl sites for hydroxylation is 1. The molecule has 1 atom stereocenters. The summed E-state index contributed by atoms with van der Waals surface area (Å²) in [6.07, 6.45) is 13.0. The maximum atomic E-state index is 15.3. The van der Waals surface area contributed by atoms with E-state index in [-0.39, 0.29) is 17.6 Å². The molecule has 4 rings (SSSR count). The van der Waals surface area contributed by atoms with Gasteiger partial charge in [0.2, 0.25) is 0 Å². The van der Waals surface area contributed by atoms with Crippen molar-refractivity contribution in [1.29, 1.82) is 0 Å². The zero-order valence-corrected chi connectivity index (χ0v) is 20.5. The van der Waals surface area contributed by atoms with Crippen molar-refractivity contribution in [3.05, 3.63) is 64.2 Å². The first-order valence-corrected chi connectivity index (χ1v) is 13.3. The van der Waals surface area contributed by atoms with Crippen LogP contribution in [0.5, 0.6) is 5.75 Å². The lowest BCUT2D eigenvalue weighted by molar-refractivity contribution is 0.302. The van der Waals surface area contributed by atoms with Crippen LogP contribution in [0.25, 0.3) is 0 Å². The minimum Gasteiger partial charge on any atom is -0.494 e. The standard InChI is InChI=1S/C30H40F2O/c1-3-5-6-7-21-8-10-22(11-9-21)26-19-28(31)30(29(32)20-26)25-13-12-24-18-27(33-16-4-2)15-14-23(24)17-25/h14-15,18-22,25H,3-13,16-17H2,1-2H3. The highest BCUT2D eigenvalue weighted by molar-refractivity contribution is 5.41. The van der Waals surface area contributed by atoms with Crippen LogP contribution in [-0.4, -0.2) is 6.61 Å². The van der Waals surface area contributed by atoms with E-state index in [0.29, 0.717) is 24.5 Å². The SMILES string of the molecule is CCCCCC1CCC(c2cc(F)c(C3CCc4cc(OCCC)ccc4C3)c(F)c2)CC1. The number of fused-ring (bicyclic) bond motifs is 1. The van der Waals surface area contributed by atoms with Gasteiger partial charge in [-0.1, -0.05) is 45.6 Å². The van der Waals surface area contributed by atoms with Gasteiger partial charge in [0.05, 0.1) is 6.61 Å². The van der Waals surface area contributed by atoms with Crippen LogP contribution in [0.1, 0.15) is 112 Å². The molecule has 1 unspecified atom stereocenters. The van der Waals surface area contributed by atoms with Crippen molar-refractivity contribution in [2.75, 3.05) is 6.61 Å². The molecule has 0 N–H and O–H groups in total. The molecule has 0 bridgehead atoms. The number of unbranched alkanes of at least 4 members (excludes halogenated alkanes) is 2. The minimum absolute atomic E-state index is 0.0942. The van der Waals surface area contributed by atoms with E-state index in [1.165, 1.54) is 49.7 Å². The highest BCUT2D eigenvalue weighted by Gasteiger charge is 2.28. The predicted molar refractivity (Wildman–Crippen MR) is 132 cm³/mol. The largest absolute Gasteiger partial charge is 0.494 e. The average molecular weight is 455 g/mol. The van der Waals surface area contributed by atoms with E-state index in [1.54, 1.807) is 12.1 Å². The molecular formula is C30H40F2O. The summed E-state index contributed by atoms with van der Waals surface area (Å²) in [6.45, 7) is 5.05. The summed E-state index contributed by atoms with van der Waals surface area (Å²) in [4.78, 5) is 0. The average Bonchev–Trinajstić information content (AvgIpc) is 2.83. The third-order valence-electron chi connectivity index (χ3n) is 7.92. The Kier molecular flexibility index (Phi) is 8.44. The molecule has 2 aliphatic rings. The second-order valence-electron chi connectivity index (χ2n) is 10.3. The molecule has 1 saturated carbocycles. The van der Waals surface area contributed by atoms with Gasteiger partial charge in [0, 0.05) is 5.56 Å². The van der Waals surface area contributed by atoms with Crippen molar-refractivity contribution in [2.24, 2.45) is 5.92 Å². The quantitative estimate of drug-likeness (QED) is 0.344. The number of benzene rings is 2. The first kappa shape index (κ1) is 24.2. The summed E-state index contributed by atoms with van der Waals surface area (Å²) in [5, 5.41) is 0. The van der Waals surface area contributed by atoms with Crippen LogP contribution in [0.2, 0.25) is 0 Å². The van der Waals surface area contributed by atoms with Gasteiger partial charge >= 0.3 is 0 Å². The smallest absolute Gasteiger partial charge is 0.129 e. The van der Waals surface area contributed by atoms with Crippen LogP contribution >= 0.6 is 0 Å². The molecule has 2 aromatic carbocycles. The fraction of sp³-hybridized carbons (Fsp3) is 0.600. The topological polar surface area (TPSA) is 9.23 Å². The summed E-state index contributed by atoms with van der Waals surface area (Å²) in [5.41, 5.74) is 3.62. The van der Waals surface area contributed by atoms with Crippen molar-refractivity contribution in [1.82, 2.24) is 0 Å². The molecule has 180 valence electrons. The van der Waals surface area contributed by atoms with Crippen molar-refractivity contribution in [3.8, 4) is 5.75 Å². The van der Waals surface area contributed by atoms with Crippen LogP contribution in [0.3, 0.4) is 0 Å². The van der Waals surface area contributed by atoms with E-state index < -0.39 is 0 Å². The number of ether oxygens (including phenoxy) is 1. The molecule has 33 heavy (non-hydrogen) atoms. The van der Waals surface area contributed by atoms with Crippen LogP contribution < -0.4 is 4.74 Å². The Balaban J connectivity index is 1.41. The molecular weight excluding hydrogens is 414 g/mol. The predicted octanol–water partition coefficient (Wildman–Crippen LogP) is 8.88. The van der Waals surface area contributed by atoms with E-state index in [0.717, 1.165) is 49.3 Å². The molecule has 1 nitrogen and oxygen atoms in total. The van der Waals surface area contributed by atoms with Crippen molar-refractivity contribution >= 4 is 0 Å². The number of halogens is 2. The molecule has 1 fully saturated rings. The Morgan fingerprint density at radius 3 is 2.27 bits per heavy atom. The summed E-state index contributed by atoms with van der Waals surface area (Å²) in [7, 11) is 0. The highest BCUT2D eigenvalue weighted by atomic mass is 19.1. The zero-order valence-electron chi connectivity index (χ0n) is 20.5. The van der Waals surface area contributed by atoms with Crippen LogP contribution in [0.4, 0.5) is 8.78 Å². The van der Waals surface area contributed by atoms with Crippen LogP contribution in [0.15, 0.2) is 30.3 Å². The maximum absolute atomic E-state index is 15.3. The fourth-order valence-electron chi connectivity index (χ4n) is 5.98. The maximum Gasteiger partial charge on any atom is 0.129 e. The van der Waals surface area contributed by atoms with E-state index in [9.17, 15) is 0 Å². The van der Waals surface area contributed by atoms with E-state index in [2.05, 4.69) is 26.0 Å². The van der Waals surface area contributed by atoms with Gasteiger partial charge in [0.25, 0.3) is 0 Å². The molecule has 0 heterocycles. The molecule has 0 radical (unpaired) electrons. The number of hydrogen-bond acceptors (Lipinski definition) is 1. The minimum atomic E-state index is -0.341. The van der Waals surface area contributed by atoms with Crippen molar-refractivity contribution in [3.63, 3.8) is 0 Å². The van der Waals surface area contributed by atoms with E-state index >= 15 is 8.78 Å². The Morgan fingerprint density at radius 2 is 1.58 bits per heavy atom. The molecule has 3 heteroatoms. The van der Waals surface area contributed by atoms with Gasteiger partial charge < -0.3 is 4.74 Å². The zero-order chi connectivity index (χ0) is 23.2. The molecule has 0 aliphatic heterocycles. The van der Waals surface area contributed by atoms with Crippen LogP contribution in [0, 0.1) is 17.6 Å². The second kappa shape index (κ2) is 11.5. The molecule has 2 aliphatic carbocycles. The van der Waals surface area contributed by atoms with Gasteiger partial charge in [-0.3, -0.25) is 0 Å². The molecule has 0 saturated heterocycles. The fourth-order valence-corrected chi connectivity index (χ4v) is 5.98. The lowest BCUT2D eigenvalue weighted by Crippen LogP contribution is -2.17. The lowest BCUT2D eigenvalue weighted by Gasteiger charge is -2.30. The molecule has 0 amide bonds. The normalized spacial score (nSPS) is 22.7. The first-order valence-electron chi connectivity index (χ1n) is 13.3. The van der Waals surface area contributed by atoms with Gasteiger partial charge in [-0.15, -0.1) is 0 Å². The Bertz CT molecular complexity index is 891. The van der Waals surface area contributed by atoms with Gasteiger partial charge in [-0.05, 0) is 110 Å². The Morgan fingerprint density at radius 1 is 0.818 bits per heavy atom. The third-order valence-corrected chi connectivity index (χ3v) is 7.92. The van der Waals surface area contributed by atoms with Gasteiger partial charge in [0.15, 0.2) is 0 Å². The summed E-state index contributed by atoms with van der Waals surface area (Å²) < 4.78 is 36.3.